The highest BCUT2D eigenvalue weighted by Crippen LogP contribution is 2.38. The van der Waals surface area contributed by atoms with E-state index in [1.165, 1.54) is 18.2 Å². The highest BCUT2D eigenvalue weighted by Gasteiger charge is 2.22. The van der Waals surface area contributed by atoms with Gasteiger partial charge in [0.1, 0.15) is 16.4 Å². The van der Waals surface area contributed by atoms with Gasteiger partial charge in [-0.25, -0.2) is 9.18 Å². The van der Waals surface area contributed by atoms with Gasteiger partial charge in [-0.1, -0.05) is 35.3 Å². The SMILES string of the molecule is O=C(Nc1scc(-c2ccc(Cl)c(Cl)c2)c1C(=O)O)c1cccc(F)c1. The van der Waals surface area contributed by atoms with Gasteiger partial charge < -0.3 is 10.4 Å². The second-order valence-corrected chi connectivity index (χ2v) is 6.95. The van der Waals surface area contributed by atoms with Gasteiger partial charge in [-0.05, 0) is 35.9 Å². The Balaban J connectivity index is 1.98. The highest BCUT2D eigenvalue weighted by molar-refractivity contribution is 7.15. The number of thiophene rings is 1. The first-order chi connectivity index (χ1) is 12.4. The van der Waals surface area contributed by atoms with Crippen molar-refractivity contribution in [2.75, 3.05) is 5.32 Å². The zero-order valence-electron chi connectivity index (χ0n) is 12.9. The van der Waals surface area contributed by atoms with Crippen LogP contribution in [0.15, 0.2) is 47.8 Å². The molecule has 2 N–H and O–H groups in total. The number of anilines is 1. The zero-order chi connectivity index (χ0) is 18.8. The summed E-state index contributed by atoms with van der Waals surface area (Å²) in [6.07, 6.45) is 0. The molecular weight excluding hydrogens is 400 g/mol. The summed E-state index contributed by atoms with van der Waals surface area (Å²) in [5.41, 5.74) is 0.971. The molecule has 0 bridgehead atoms. The topological polar surface area (TPSA) is 66.4 Å². The standard InChI is InChI=1S/C18H10Cl2FNO3S/c19-13-5-4-9(7-14(13)20)12-8-26-17(15(12)18(24)25)22-16(23)10-2-1-3-11(21)6-10/h1-8H,(H,22,23)(H,24,25). The molecule has 0 aliphatic heterocycles. The van der Waals surface area contributed by atoms with Crippen LogP contribution in [0.25, 0.3) is 11.1 Å². The second-order valence-electron chi connectivity index (χ2n) is 5.25. The first-order valence-corrected chi connectivity index (χ1v) is 8.87. The van der Waals surface area contributed by atoms with E-state index in [2.05, 4.69) is 5.32 Å². The number of carboxylic acids is 1. The minimum Gasteiger partial charge on any atom is -0.478 e. The van der Waals surface area contributed by atoms with E-state index in [0.29, 0.717) is 16.1 Å². The van der Waals surface area contributed by atoms with E-state index in [1.807, 2.05) is 0 Å². The summed E-state index contributed by atoms with van der Waals surface area (Å²) in [4.78, 5) is 24.0. The Hall–Kier alpha value is -2.41. The molecule has 8 heteroatoms. The van der Waals surface area contributed by atoms with Crippen molar-refractivity contribution in [2.24, 2.45) is 0 Å². The number of amides is 1. The number of carboxylic acid groups (broad SMARTS) is 1. The average molecular weight is 410 g/mol. The summed E-state index contributed by atoms with van der Waals surface area (Å²) in [6, 6.07) is 9.88. The van der Waals surface area contributed by atoms with E-state index in [-0.39, 0.29) is 21.2 Å². The Labute approximate surface area is 161 Å². The van der Waals surface area contributed by atoms with Crippen LogP contribution in [0.1, 0.15) is 20.7 Å². The number of aromatic carboxylic acids is 1. The van der Waals surface area contributed by atoms with Crippen LogP contribution in [0.3, 0.4) is 0 Å². The van der Waals surface area contributed by atoms with Crippen LogP contribution in [0.5, 0.6) is 0 Å². The van der Waals surface area contributed by atoms with Gasteiger partial charge in [0, 0.05) is 16.5 Å². The van der Waals surface area contributed by atoms with Crippen LogP contribution in [0.4, 0.5) is 9.39 Å². The molecule has 0 radical (unpaired) electrons. The maximum absolute atomic E-state index is 13.3. The second kappa shape index (κ2) is 7.45. The van der Waals surface area contributed by atoms with Gasteiger partial charge in [0.2, 0.25) is 0 Å². The van der Waals surface area contributed by atoms with Gasteiger partial charge in [-0.2, -0.15) is 0 Å². The lowest BCUT2D eigenvalue weighted by atomic mass is 10.0. The minimum atomic E-state index is -1.21. The molecule has 132 valence electrons. The summed E-state index contributed by atoms with van der Waals surface area (Å²) < 4.78 is 13.3. The van der Waals surface area contributed by atoms with Gasteiger partial charge >= 0.3 is 5.97 Å². The van der Waals surface area contributed by atoms with Crippen molar-refractivity contribution in [1.82, 2.24) is 0 Å². The summed E-state index contributed by atoms with van der Waals surface area (Å²) in [6.45, 7) is 0. The monoisotopic (exact) mass is 409 g/mol. The molecule has 3 aromatic rings. The zero-order valence-corrected chi connectivity index (χ0v) is 15.3. The first kappa shape index (κ1) is 18.4. The summed E-state index contributed by atoms with van der Waals surface area (Å²) >= 11 is 12.9. The van der Waals surface area contributed by atoms with Gasteiger partial charge in [0.25, 0.3) is 5.91 Å². The Morgan fingerprint density at radius 1 is 1.08 bits per heavy atom. The van der Waals surface area contributed by atoms with Crippen LogP contribution in [0, 0.1) is 5.82 Å². The van der Waals surface area contributed by atoms with Crippen molar-refractivity contribution >= 4 is 51.4 Å². The van der Waals surface area contributed by atoms with Crippen LogP contribution < -0.4 is 5.32 Å². The molecule has 1 amide bonds. The molecular formula is C18H10Cl2FNO3S. The highest BCUT2D eigenvalue weighted by atomic mass is 35.5. The first-order valence-electron chi connectivity index (χ1n) is 7.24. The predicted molar refractivity (Wildman–Crippen MR) is 101 cm³/mol. The van der Waals surface area contributed by atoms with Crippen LogP contribution >= 0.6 is 34.5 Å². The van der Waals surface area contributed by atoms with Crippen molar-refractivity contribution in [3.05, 3.63) is 74.8 Å². The Bertz CT molecular complexity index is 1020. The molecule has 1 aromatic heterocycles. The summed E-state index contributed by atoms with van der Waals surface area (Å²) in [5, 5.41) is 14.5. The van der Waals surface area contributed by atoms with Gasteiger partial charge in [-0.3, -0.25) is 4.79 Å². The summed E-state index contributed by atoms with van der Waals surface area (Å²) in [7, 11) is 0. The van der Waals surface area contributed by atoms with Crippen LogP contribution in [-0.4, -0.2) is 17.0 Å². The molecule has 3 rings (SSSR count). The fourth-order valence-corrected chi connectivity index (χ4v) is 3.60. The van der Waals surface area contributed by atoms with Gasteiger partial charge in [0.05, 0.1) is 10.0 Å². The van der Waals surface area contributed by atoms with E-state index >= 15 is 0 Å². The third-order valence-electron chi connectivity index (χ3n) is 3.55. The number of halogens is 3. The Morgan fingerprint density at radius 2 is 1.85 bits per heavy atom. The normalized spacial score (nSPS) is 10.6. The number of carbonyl (C=O) groups is 2. The Kier molecular flexibility index (Phi) is 5.27. The van der Waals surface area contributed by atoms with Crippen LogP contribution in [0.2, 0.25) is 10.0 Å². The maximum Gasteiger partial charge on any atom is 0.339 e. The Morgan fingerprint density at radius 3 is 2.50 bits per heavy atom. The predicted octanol–water partition coefficient (Wildman–Crippen LogP) is 5.81. The number of nitrogens with one attached hydrogen (secondary N) is 1. The van der Waals surface area contributed by atoms with Crippen molar-refractivity contribution in [3.63, 3.8) is 0 Å². The van der Waals surface area contributed by atoms with Gasteiger partial charge in [0.15, 0.2) is 0 Å². The van der Waals surface area contributed by atoms with Gasteiger partial charge in [-0.15, -0.1) is 11.3 Å². The largest absolute Gasteiger partial charge is 0.478 e. The lowest BCUT2D eigenvalue weighted by Crippen LogP contribution is -2.13. The van der Waals surface area contributed by atoms with E-state index in [9.17, 15) is 19.1 Å². The molecule has 0 saturated carbocycles. The van der Waals surface area contributed by atoms with Crippen molar-refractivity contribution in [3.8, 4) is 11.1 Å². The number of rotatable bonds is 4. The van der Waals surface area contributed by atoms with Crippen molar-refractivity contribution in [1.29, 1.82) is 0 Å². The maximum atomic E-state index is 13.3. The molecule has 1 heterocycles. The van der Waals surface area contributed by atoms with E-state index < -0.39 is 17.7 Å². The molecule has 0 aliphatic rings. The lowest BCUT2D eigenvalue weighted by Gasteiger charge is -2.07. The smallest absolute Gasteiger partial charge is 0.339 e. The molecule has 4 nitrogen and oxygen atoms in total. The molecule has 0 atom stereocenters. The number of hydrogen-bond acceptors (Lipinski definition) is 3. The van der Waals surface area contributed by atoms with E-state index in [4.69, 9.17) is 23.2 Å². The molecule has 0 spiro atoms. The minimum absolute atomic E-state index is 0.0712. The van der Waals surface area contributed by atoms with Crippen molar-refractivity contribution < 1.29 is 19.1 Å². The molecule has 0 aliphatic carbocycles. The van der Waals surface area contributed by atoms with Crippen LogP contribution in [-0.2, 0) is 0 Å². The fraction of sp³-hybridized carbons (Fsp3) is 0. The molecule has 2 aromatic carbocycles. The fourth-order valence-electron chi connectivity index (χ4n) is 2.34. The van der Waals surface area contributed by atoms with Crippen molar-refractivity contribution in [2.45, 2.75) is 0 Å². The lowest BCUT2D eigenvalue weighted by molar-refractivity contribution is 0.0699. The number of benzene rings is 2. The quantitative estimate of drug-likeness (QED) is 0.570. The molecule has 26 heavy (non-hydrogen) atoms. The molecule has 0 fully saturated rings. The van der Waals surface area contributed by atoms with E-state index in [1.54, 1.807) is 23.6 Å². The molecule has 0 unspecified atom stereocenters. The number of hydrogen-bond donors (Lipinski definition) is 2. The average Bonchev–Trinajstić information content (AvgIpc) is 3.01. The molecule has 0 saturated heterocycles. The number of carbonyl (C=O) groups excluding carboxylic acids is 1. The van der Waals surface area contributed by atoms with E-state index in [0.717, 1.165) is 17.4 Å². The summed E-state index contributed by atoms with van der Waals surface area (Å²) in [5.74, 6) is -2.37. The third-order valence-corrected chi connectivity index (χ3v) is 5.18. The third kappa shape index (κ3) is 3.72.